The first kappa shape index (κ1) is 14.0. The van der Waals surface area contributed by atoms with Gasteiger partial charge in [-0.15, -0.1) is 10.2 Å². The first-order chi connectivity index (χ1) is 9.97. The number of halogens is 1. The lowest BCUT2D eigenvalue weighted by Crippen LogP contribution is -2.13. The number of sulfonamides is 1. The van der Waals surface area contributed by atoms with Gasteiger partial charge in [-0.25, -0.2) is 0 Å². The van der Waals surface area contributed by atoms with Crippen LogP contribution in [0.25, 0.3) is 10.9 Å². The molecule has 0 fully saturated rings. The molecule has 0 saturated carbocycles. The fourth-order valence-electron chi connectivity index (χ4n) is 1.74. The van der Waals surface area contributed by atoms with Crippen LogP contribution in [-0.2, 0) is 10.0 Å². The number of hydrogen-bond donors (Lipinski definition) is 2. The van der Waals surface area contributed by atoms with Crippen LogP contribution in [0, 0.1) is 0 Å². The number of fused-ring (bicyclic) bond motifs is 1. The van der Waals surface area contributed by atoms with Crippen LogP contribution in [0.1, 0.15) is 0 Å². The quantitative estimate of drug-likeness (QED) is 0.754. The molecular weight excluding hydrogens is 334 g/mol. The zero-order valence-corrected chi connectivity index (χ0v) is 12.7. The molecule has 21 heavy (non-hydrogen) atoms. The number of nitrogen functional groups attached to an aromatic ring is 1. The number of aromatic nitrogens is 3. The molecule has 0 aliphatic carbocycles. The Bertz CT molecular complexity index is 925. The molecule has 3 rings (SSSR count). The van der Waals surface area contributed by atoms with Crippen LogP contribution in [0.5, 0.6) is 0 Å². The van der Waals surface area contributed by atoms with Crippen molar-refractivity contribution >= 4 is 54.7 Å². The lowest BCUT2D eigenvalue weighted by Gasteiger charge is -2.08. The molecule has 3 N–H and O–H groups in total. The Morgan fingerprint density at radius 1 is 1.24 bits per heavy atom. The minimum Gasteiger partial charge on any atom is -0.374 e. The Morgan fingerprint density at radius 2 is 2.05 bits per heavy atom. The highest BCUT2D eigenvalue weighted by Crippen LogP contribution is 2.30. The fraction of sp³-hybridized carbons (Fsp3) is 0. The highest BCUT2D eigenvalue weighted by molar-refractivity contribution is 7.94. The molecule has 0 spiro atoms. The van der Waals surface area contributed by atoms with Crippen LogP contribution in [0.3, 0.4) is 0 Å². The lowest BCUT2D eigenvalue weighted by molar-refractivity contribution is 0.599. The van der Waals surface area contributed by atoms with Crippen LogP contribution in [0.2, 0.25) is 5.02 Å². The van der Waals surface area contributed by atoms with Gasteiger partial charge in [0, 0.05) is 11.6 Å². The molecular formula is C11H8ClN5O2S2. The standard InChI is InChI=1S/C11H8ClN5O2S2/c12-7-3-4-8(9-6(7)2-1-5-14-9)17-21(18,19)11-16-15-10(13)20-11/h1-5,17H,(H2,13,15). The Morgan fingerprint density at radius 3 is 2.76 bits per heavy atom. The van der Waals surface area contributed by atoms with Gasteiger partial charge in [-0.3, -0.25) is 9.71 Å². The van der Waals surface area contributed by atoms with Crippen LogP contribution in [-0.4, -0.2) is 23.6 Å². The van der Waals surface area contributed by atoms with Crippen molar-refractivity contribution in [2.24, 2.45) is 0 Å². The summed E-state index contributed by atoms with van der Waals surface area (Å²) in [5, 5.41) is 8.23. The van der Waals surface area contributed by atoms with Crippen molar-refractivity contribution in [3.63, 3.8) is 0 Å². The first-order valence-corrected chi connectivity index (χ1v) is 8.30. The van der Waals surface area contributed by atoms with Gasteiger partial charge in [-0.2, -0.15) is 8.42 Å². The van der Waals surface area contributed by atoms with Gasteiger partial charge in [-0.05, 0) is 24.3 Å². The SMILES string of the molecule is Nc1nnc(S(=O)(=O)Nc2ccc(Cl)c3cccnc23)s1. The number of rotatable bonds is 3. The van der Waals surface area contributed by atoms with Crippen molar-refractivity contribution < 1.29 is 8.42 Å². The van der Waals surface area contributed by atoms with Gasteiger partial charge in [0.25, 0.3) is 14.4 Å². The van der Waals surface area contributed by atoms with Crippen molar-refractivity contribution in [2.45, 2.75) is 4.34 Å². The van der Waals surface area contributed by atoms with Crippen molar-refractivity contribution in [2.75, 3.05) is 10.5 Å². The smallest absolute Gasteiger partial charge is 0.291 e. The van der Waals surface area contributed by atoms with E-state index in [1.807, 2.05) is 0 Å². The van der Waals surface area contributed by atoms with Crippen LogP contribution < -0.4 is 10.5 Å². The highest BCUT2D eigenvalue weighted by Gasteiger charge is 2.21. The Labute approximate surface area is 128 Å². The third-order valence-electron chi connectivity index (χ3n) is 2.61. The number of nitrogens with zero attached hydrogens (tertiary/aromatic N) is 3. The molecule has 108 valence electrons. The normalized spacial score (nSPS) is 11.7. The molecule has 1 aromatic carbocycles. The molecule has 0 radical (unpaired) electrons. The van der Waals surface area contributed by atoms with E-state index in [2.05, 4.69) is 19.9 Å². The van der Waals surface area contributed by atoms with Gasteiger partial charge in [0.2, 0.25) is 5.13 Å². The summed E-state index contributed by atoms with van der Waals surface area (Å²) < 4.78 is 26.7. The summed E-state index contributed by atoms with van der Waals surface area (Å²) in [6.45, 7) is 0. The molecule has 2 heterocycles. The summed E-state index contributed by atoms with van der Waals surface area (Å²) in [7, 11) is -3.86. The maximum absolute atomic E-state index is 12.2. The monoisotopic (exact) mass is 341 g/mol. The van der Waals surface area contributed by atoms with Gasteiger partial charge in [0.05, 0.1) is 16.2 Å². The summed E-state index contributed by atoms with van der Waals surface area (Å²) in [5.74, 6) is 0. The predicted octanol–water partition coefficient (Wildman–Crippen LogP) is 2.12. The molecule has 0 saturated heterocycles. The summed E-state index contributed by atoms with van der Waals surface area (Å²) >= 11 is 6.85. The maximum atomic E-state index is 12.2. The third kappa shape index (κ3) is 2.62. The Kier molecular flexibility index (Phi) is 3.40. The topological polar surface area (TPSA) is 111 Å². The largest absolute Gasteiger partial charge is 0.374 e. The molecule has 0 bridgehead atoms. The zero-order valence-electron chi connectivity index (χ0n) is 10.3. The first-order valence-electron chi connectivity index (χ1n) is 5.62. The van der Waals surface area contributed by atoms with Gasteiger partial charge >= 0.3 is 0 Å². The minimum atomic E-state index is -3.86. The zero-order chi connectivity index (χ0) is 15.0. The summed E-state index contributed by atoms with van der Waals surface area (Å²) in [6, 6.07) is 6.61. The number of nitrogens with one attached hydrogen (secondary N) is 1. The van der Waals surface area contributed by atoms with Gasteiger partial charge < -0.3 is 5.73 Å². The van der Waals surface area contributed by atoms with Crippen molar-refractivity contribution in [3.05, 3.63) is 35.5 Å². The van der Waals surface area contributed by atoms with Gasteiger partial charge in [0.1, 0.15) is 0 Å². The molecule has 0 aliphatic rings. The van der Waals surface area contributed by atoms with Crippen molar-refractivity contribution in [1.29, 1.82) is 0 Å². The second kappa shape index (κ2) is 5.10. The second-order valence-corrected chi connectivity index (χ2v) is 7.28. The third-order valence-corrected chi connectivity index (χ3v) is 5.43. The van der Waals surface area contributed by atoms with E-state index in [1.165, 1.54) is 0 Å². The summed E-state index contributed by atoms with van der Waals surface area (Å²) in [4.78, 5) is 4.16. The summed E-state index contributed by atoms with van der Waals surface area (Å²) in [5.41, 5.74) is 6.16. The van der Waals surface area contributed by atoms with Crippen LogP contribution in [0.15, 0.2) is 34.8 Å². The van der Waals surface area contributed by atoms with Crippen LogP contribution in [0.4, 0.5) is 10.8 Å². The summed E-state index contributed by atoms with van der Waals surface area (Å²) in [6.07, 6.45) is 1.55. The Balaban J connectivity index is 2.08. The highest BCUT2D eigenvalue weighted by atomic mass is 35.5. The van der Waals surface area contributed by atoms with E-state index in [9.17, 15) is 8.42 Å². The molecule has 0 amide bonds. The average molecular weight is 342 g/mol. The molecule has 0 unspecified atom stereocenters. The molecule has 0 aliphatic heterocycles. The van der Waals surface area contributed by atoms with Crippen molar-refractivity contribution in [1.82, 2.24) is 15.2 Å². The molecule has 10 heteroatoms. The van der Waals surface area contributed by atoms with Gasteiger partial charge in [0.15, 0.2) is 0 Å². The van der Waals surface area contributed by atoms with Gasteiger partial charge in [-0.1, -0.05) is 22.9 Å². The van der Waals surface area contributed by atoms with E-state index in [0.717, 1.165) is 11.3 Å². The number of anilines is 2. The second-order valence-electron chi connectivity index (χ2n) is 4.01. The lowest BCUT2D eigenvalue weighted by atomic mass is 10.2. The number of nitrogens with two attached hydrogens (primary N) is 1. The molecule has 0 atom stereocenters. The van der Waals surface area contributed by atoms with Crippen molar-refractivity contribution in [3.8, 4) is 0 Å². The number of pyridine rings is 1. The number of hydrogen-bond acceptors (Lipinski definition) is 7. The molecule has 7 nitrogen and oxygen atoms in total. The van der Waals surface area contributed by atoms with E-state index in [0.29, 0.717) is 21.6 Å². The van der Waals surface area contributed by atoms with E-state index in [4.69, 9.17) is 17.3 Å². The average Bonchev–Trinajstić information content (AvgIpc) is 2.90. The van der Waals surface area contributed by atoms with E-state index < -0.39 is 10.0 Å². The Hall–Kier alpha value is -1.97. The molecule has 2 aromatic heterocycles. The maximum Gasteiger partial charge on any atom is 0.291 e. The molecule has 3 aromatic rings. The number of benzene rings is 1. The van der Waals surface area contributed by atoms with Crippen LogP contribution >= 0.6 is 22.9 Å². The minimum absolute atomic E-state index is 0.0782. The van der Waals surface area contributed by atoms with E-state index >= 15 is 0 Å². The fourth-order valence-corrected chi connectivity index (χ4v) is 3.81. The van der Waals surface area contributed by atoms with E-state index in [-0.39, 0.29) is 9.47 Å². The predicted molar refractivity (Wildman–Crippen MR) is 81.9 cm³/mol. The van der Waals surface area contributed by atoms with E-state index in [1.54, 1.807) is 30.5 Å².